The maximum Gasteiger partial charge on any atom is 0.123 e. The Bertz CT molecular complexity index is 761. The van der Waals surface area contributed by atoms with E-state index in [9.17, 15) is 4.39 Å². The van der Waals surface area contributed by atoms with Crippen LogP contribution in [-0.2, 0) is 6.42 Å². The zero-order valence-corrected chi connectivity index (χ0v) is 14.1. The summed E-state index contributed by atoms with van der Waals surface area (Å²) in [5.41, 5.74) is 3.46. The predicted molar refractivity (Wildman–Crippen MR) is 95.2 cm³/mol. The molecule has 0 aliphatic rings. The molecule has 1 heterocycles. The van der Waals surface area contributed by atoms with Gasteiger partial charge in [0.15, 0.2) is 0 Å². The Morgan fingerprint density at radius 1 is 0.957 bits per heavy atom. The van der Waals surface area contributed by atoms with Crippen LogP contribution in [0.25, 0.3) is 21.0 Å². The lowest BCUT2D eigenvalue weighted by Gasteiger charge is -2.09. The number of likely N-dealkylation sites (N-methyl/N-ethyl adjacent to an activating group) is 1. The topological polar surface area (TPSA) is 16.1 Å². The van der Waals surface area contributed by atoms with Gasteiger partial charge in [-0.1, -0.05) is 24.3 Å². The third-order valence-corrected chi connectivity index (χ3v) is 4.78. The normalized spacial score (nSPS) is 11.1. The zero-order chi connectivity index (χ0) is 16.2. The fourth-order valence-electron chi connectivity index (χ4n) is 2.32. The third kappa shape index (κ3) is 4.03. The van der Waals surface area contributed by atoms with Gasteiger partial charge in [0.05, 0.1) is 4.88 Å². The van der Waals surface area contributed by atoms with Gasteiger partial charge in [0.25, 0.3) is 0 Å². The van der Waals surface area contributed by atoms with Crippen LogP contribution in [0.3, 0.4) is 0 Å². The molecule has 1 aromatic heterocycles. The van der Waals surface area contributed by atoms with Gasteiger partial charge in [-0.25, -0.2) is 9.37 Å². The molecule has 0 aliphatic carbocycles. The first-order valence-corrected chi connectivity index (χ1v) is 8.39. The average molecular weight is 326 g/mol. The Hall–Kier alpha value is -2.04. The first-order chi connectivity index (χ1) is 11.1. The van der Waals surface area contributed by atoms with Gasteiger partial charge in [0.1, 0.15) is 10.8 Å². The monoisotopic (exact) mass is 326 g/mol. The Balaban J connectivity index is 1.76. The molecular formula is C19H19FN2S. The van der Waals surface area contributed by atoms with Crippen molar-refractivity contribution in [1.29, 1.82) is 0 Å². The van der Waals surface area contributed by atoms with Crippen LogP contribution in [0, 0.1) is 5.82 Å². The maximum atomic E-state index is 13.0. The molecule has 0 saturated carbocycles. The predicted octanol–water partition coefficient (Wildman–Crippen LogP) is 4.72. The van der Waals surface area contributed by atoms with Gasteiger partial charge >= 0.3 is 0 Å². The molecule has 0 saturated heterocycles. The van der Waals surface area contributed by atoms with Gasteiger partial charge < -0.3 is 4.90 Å². The number of thiazole rings is 1. The molecule has 0 radical (unpaired) electrons. The second-order valence-electron chi connectivity index (χ2n) is 5.79. The smallest absolute Gasteiger partial charge is 0.123 e. The van der Waals surface area contributed by atoms with E-state index in [1.54, 1.807) is 23.5 Å². The van der Waals surface area contributed by atoms with E-state index in [1.165, 1.54) is 23.3 Å². The van der Waals surface area contributed by atoms with Crippen molar-refractivity contribution in [3.63, 3.8) is 0 Å². The maximum absolute atomic E-state index is 13.0. The van der Waals surface area contributed by atoms with Crippen LogP contribution < -0.4 is 0 Å². The van der Waals surface area contributed by atoms with Crippen molar-refractivity contribution in [3.05, 3.63) is 66.1 Å². The number of benzene rings is 2. The van der Waals surface area contributed by atoms with Crippen molar-refractivity contribution < 1.29 is 4.39 Å². The zero-order valence-electron chi connectivity index (χ0n) is 13.3. The van der Waals surface area contributed by atoms with Crippen LogP contribution >= 0.6 is 11.3 Å². The van der Waals surface area contributed by atoms with E-state index < -0.39 is 0 Å². The van der Waals surface area contributed by atoms with Crippen LogP contribution in [0.4, 0.5) is 4.39 Å². The van der Waals surface area contributed by atoms with Crippen LogP contribution in [0.15, 0.2) is 54.7 Å². The van der Waals surface area contributed by atoms with Gasteiger partial charge in [-0.15, -0.1) is 11.3 Å². The second kappa shape index (κ2) is 7.02. The molecule has 4 heteroatoms. The van der Waals surface area contributed by atoms with Crippen molar-refractivity contribution in [1.82, 2.24) is 9.88 Å². The molecular weight excluding hydrogens is 307 g/mol. The van der Waals surface area contributed by atoms with Gasteiger partial charge in [-0.3, -0.25) is 0 Å². The van der Waals surface area contributed by atoms with E-state index in [0.717, 1.165) is 28.4 Å². The summed E-state index contributed by atoms with van der Waals surface area (Å²) in [4.78, 5) is 7.78. The molecule has 3 rings (SSSR count). The quantitative estimate of drug-likeness (QED) is 0.674. The van der Waals surface area contributed by atoms with Gasteiger partial charge in [0, 0.05) is 18.3 Å². The summed E-state index contributed by atoms with van der Waals surface area (Å²) in [5.74, 6) is -0.223. The summed E-state index contributed by atoms with van der Waals surface area (Å²) in [5, 5.41) is 0.914. The minimum absolute atomic E-state index is 0.223. The standard InChI is InChI=1S/C19H19FN2S/c1-22(2)12-11-14-3-5-15(6-4-14)18-13-21-19(23-18)16-7-9-17(20)10-8-16/h3-10,13H,11-12H2,1-2H3. The summed E-state index contributed by atoms with van der Waals surface area (Å²) in [6, 6.07) is 15.1. The van der Waals surface area contributed by atoms with E-state index >= 15 is 0 Å². The van der Waals surface area contributed by atoms with Crippen molar-refractivity contribution in [3.8, 4) is 21.0 Å². The van der Waals surface area contributed by atoms with Crippen LogP contribution in [0.5, 0.6) is 0 Å². The molecule has 3 aromatic rings. The summed E-state index contributed by atoms with van der Waals surface area (Å²) in [7, 11) is 4.17. The first-order valence-electron chi connectivity index (χ1n) is 7.57. The minimum Gasteiger partial charge on any atom is -0.309 e. The summed E-state index contributed by atoms with van der Waals surface area (Å²) < 4.78 is 13.0. The SMILES string of the molecule is CN(C)CCc1ccc(-c2cnc(-c3ccc(F)cc3)s2)cc1. The van der Waals surface area contributed by atoms with E-state index in [2.05, 4.69) is 48.2 Å². The molecule has 23 heavy (non-hydrogen) atoms. The van der Waals surface area contributed by atoms with Crippen molar-refractivity contribution in [2.75, 3.05) is 20.6 Å². The van der Waals surface area contributed by atoms with E-state index in [1.807, 2.05) is 6.20 Å². The van der Waals surface area contributed by atoms with Crippen molar-refractivity contribution >= 4 is 11.3 Å². The van der Waals surface area contributed by atoms with E-state index in [0.29, 0.717) is 0 Å². The molecule has 0 fully saturated rings. The largest absolute Gasteiger partial charge is 0.309 e. The van der Waals surface area contributed by atoms with Crippen molar-refractivity contribution in [2.45, 2.75) is 6.42 Å². The molecule has 0 spiro atoms. The molecule has 0 aliphatic heterocycles. The van der Waals surface area contributed by atoms with Crippen molar-refractivity contribution in [2.24, 2.45) is 0 Å². The second-order valence-corrected chi connectivity index (χ2v) is 6.82. The number of hydrogen-bond donors (Lipinski definition) is 0. The Kier molecular flexibility index (Phi) is 4.84. The fourth-order valence-corrected chi connectivity index (χ4v) is 3.25. The Morgan fingerprint density at radius 2 is 1.61 bits per heavy atom. The highest BCUT2D eigenvalue weighted by Gasteiger charge is 2.07. The summed E-state index contributed by atoms with van der Waals surface area (Å²) in [6.07, 6.45) is 2.94. The fraction of sp³-hybridized carbons (Fsp3) is 0.211. The molecule has 0 bridgehead atoms. The molecule has 0 N–H and O–H groups in total. The van der Waals surface area contributed by atoms with E-state index in [4.69, 9.17) is 0 Å². The van der Waals surface area contributed by atoms with Crippen LogP contribution in [0.2, 0.25) is 0 Å². The number of halogens is 1. The van der Waals surface area contributed by atoms with Crippen LogP contribution in [0.1, 0.15) is 5.56 Å². The van der Waals surface area contributed by atoms with Gasteiger partial charge in [0.2, 0.25) is 0 Å². The molecule has 2 aromatic carbocycles. The Morgan fingerprint density at radius 3 is 2.26 bits per heavy atom. The van der Waals surface area contributed by atoms with Gasteiger partial charge in [-0.2, -0.15) is 0 Å². The average Bonchev–Trinajstić information content (AvgIpc) is 3.04. The highest BCUT2D eigenvalue weighted by atomic mass is 32.1. The number of aromatic nitrogens is 1. The molecule has 118 valence electrons. The molecule has 2 nitrogen and oxygen atoms in total. The number of nitrogens with zero attached hydrogens (tertiary/aromatic N) is 2. The van der Waals surface area contributed by atoms with E-state index in [-0.39, 0.29) is 5.82 Å². The highest BCUT2D eigenvalue weighted by molar-refractivity contribution is 7.18. The lowest BCUT2D eigenvalue weighted by Crippen LogP contribution is -2.14. The number of rotatable bonds is 5. The minimum atomic E-state index is -0.223. The molecule has 0 amide bonds. The first kappa shape index (κ1) is 15.8. The summed E-state index contributed by atoms with van der Waals surface area (Å²) >= 11 is 1.63. The third-order valence-electron chi connectivity index (χ3n) is 3.68. The van der Waals surface area contributed by atoms with Crippen LogP contribution in [-0.4, -0.2) is 30.5 Å². The lowest BCUT2D eigenvalue weighted by atomic mass is 10.1. The highest BCUT2D eigenvalue weighted by Crippen LogP contribution is 2.32. The number of hydrogen-bond acceptors (Lipinski definition) is 3. The molecule has 0 unspecified atom stereocenters. The Labute approximate surface area is 140 Å². The van der Waals surface area contributed by atoms with Gasteiger partial charge in [-0.05, 0) is 55.9 Å². The lowest BCUT2D eigenvalue weighted by molar-refractivity contribution is 0.413. The molecule has 0 atom stereocenters. The summed E-state index contributed by atoms with van der Waals surface area (Å²) in [6.45, 7) is 1.05.